The quantitative estimate of drug-likeness (QED) is 0.627. The molecule has 0 radical (unpaired) electrons. The lowest BCUT2D eigenvalue weighted by molar-refractivity contribution is -0.127. The molecule has 0 bridgehead atoms. The van der Waals surface area contributed by atoms with Gasteiger partial charge in [0.05, 0.1) is 5.56 Å². The number of amides is 3. The van der Waals surface area contributed by atoms with Gasteiger partial charge in [-0.1, -0.05) is 0 Å². The Morgan fingerprint density at radius 1 is 1.41 bits per heavy atom. The molecule has 1 rings (SSSR count). The molecule has 0 aliphatic rings. The van der Waals surface area contributed by atoms with Gasteiger partial charge in [-0.25, -0.2) is 23.1 Å². The standard InChI is InChI=1S/C11H15N3O6S2/c1-3-13-11(17)14-9(15)6(2)20-10(16)7-4-8(21-5-7)22(12,18)19/h4-6H,3H2,1-2H3,(H2,12,18,19)(H2,13,14,15,17). The molecule has 1 unspecified atom stereocenters. The monoisotopic (exact) mass is 349 g/mol. The second-order valence-corrected chi connectivity index (χ2v) is 6.80. The maximum absolute atomic E-state index is 11.8. The van der Waals surface area contributed by atoms with Crippen LogP contribution in [0, 0.1) is 0 Å². The molecular formula is C11H15N3O6S2. The Bertz CT molecular complexity index is 682. The third-order valence-electron chi connectivity index (χ3n) is 2.32. The highest BCUT2D eigenvalue weighted by molar-refractivity contribution is 7.91. The number of imide groups is 1. The largest absolute Gasteiger partial charge is 0.449 e. The Hall–Kier alpha value is -1.98. The average molecular weight is 349 g/mol. The molecular weight excluding hydrogens is 334 g/mol. The predicted octanol–water partition coefficient (Wildman–Crippen LogP) is -0.213. The lowest BCUT2D eigenvalue weighted by Gasteiger charge is -2.12. The van der Waals surface area contributed by atoms with Crippen LogP contribution in [0.3, 0.4) is 0 Å². The Morgan fingerprint density at radius 2 is 2.05 bits per heavy atom. The van der Waals surface area contributed by atoms with E-state index in [1.807, 2.05) is 5.32 Å². The van der Waals surface area contributed by atoms with Crippen LogP contribution in [0.5, 0.6) is 0 Å². The maximum atomic E-state index is 11.8. The molecule has 11 heteroatoms. The number of sulfonamides is 1. The summed E-state index contributed by atoms with van der Waals surface area (Å²) in [6.45, 7) is 3.28. The summed E-state index contributed by atoms with van der Waals surface area (Å²) < 4.78 is 26.9. The summed E-state index contributed by atoms with van der Waals surface area (Å²) in [5.41, 5.74) is -0.0494. The number of carbonyl (C=O) groups excluding carboxylic acids is 3. The number of urea groups is 1. The minimum atomic E-state index is -3.90. The summed E-state index contributed by atoms with van der Waals surface area (Å²) in [6.07, 6.45) is -1.23. The first-order valence-electron chi connectivity index (χ1n) is 6.06. The number of carbonyl (C=O) groups is 3. The molecule has 1 aromatic rings. The highest BCUT2D eigenvalue weighted by Crippen LogP contribution is 2.19. The van der Waals surface area contributed by atoms with Gasteiger partial charge < -0.3 is 10.1 Å². The van der Waals surface area contributed by atoms with Gasteiger partial charge >= 0.3 is 12.0 Å². The van der Waals surface area contributed by atoms with Crippen molar-refractivity contribution in [3.8, 4) is 0 Å². The van der Waals surface area contributed by atoms with E-state index in [1.54, 1.807) is 6.92 Å². The van der Waals surface area contributed by atoms with E-state index in [2.05, 4.69) is 5.32 Å². The maximum Gasteiger partial charge on any atom is 0.339 e. The van der Waals surface area contributed by atoms with Crippen LogP contribution in [0.15, 0.2) is 15.7 Å². The molecule has 3 amide bonds. The molecule has 4 N–H and O–H groups in total. The summed E-state index contributed by atoms with van der Waals surface area (Å²) in [7, 11) is -3.90. The molecule has 122 valence electrons. The van der Waals surface area contributed by atoms with E-state index in [4.69, 9.17) is 9.88 Å². The van der Waals surface area contributed by atoms with E-state index in [9.17, 15) is 22.8 Å². The first-order chi connectivity index (χ1) is 10.1. The molecule has 0 aliphatic heterocycles. The van der Waals surface area contributed by atoms with Gasteiger partial charge in [-0.3, -0.25) is 10.1 Å². The van der Waals surface area contributed by atoms with E-state index >= 15 is 0 Å². The van der Waals surface area contributed by atoms with Gasteiger partial charge in [0, 0.05) is 11.9 Å². The third-order valence-corrected chi connectivity index (χ3v) is 4.70. The van der Waals surface area contributed by atoms with Gasteiger partial charge in [0.1, 0.15) is 4.21 Å². The number of ether oxygens (including phenoxy) is 1. The van der Waals surface area contributed by atoms with Crippen molar-refractivity contribution < 1.29 is 27.5 Å². The number of nitrogens with two attached hydrogens (primary N) is 1. The van der Waals surface area contributed by atoms with Crippen molar-refractivity contribution in [3.05, 3.63) is 17.0 Å². The zero-order valence-electron chi connectivity index (χ0n) is 11.8. The summed E-state index contributed by atoms with van der Waals surface area (Å²) in [4.78, 5) is 34.5. The topological polar surface area (TPSA) is 145 Å². The molecule has 0 saturated carbocycles. The second kappa shape index (κ2) is 7.33. The number of hydrogen-bond acceptors (Lipinski definition) is 7. The minimum absolute atomic E-state index is 0.0494. The van der Waals surface area contributed by atoms with Gasteiger partial charge in [-0.15, -0.1) is 11.3 Å². The van der Waals surface area contributed by atoms with Gasteiger partial charge in [0.25, 0.3) is 5.91 Å². The molecule has 1 atom stereocenters. The smallest absolute Gasteiger partial charge is 0.339 e. The number of thiophene rings is 1. The van der Waals surface area contributed by atoms with Gasteiger partial charge in [0.2, 0.25) is 10.0 Å². The van der Waals surface area contributed by atoms with Gasteiger partial charge in [-0.2, -0.15) is 0 Å². The molecule has 0 spiro atoms. The first-order valence-corrected chi connectivity index (χ1v) is 8.48. The van der Waals surface area contributed by atoms with Gasteiger partial charge in [0.15, 0.2) is 6.10 Å². The van der Waals surface area contributed by atoms with Crippen molar-refractivity contribution >= 4 is 39.3 Å². The molecule has 1 heterocycles. The van der Waals surface area contributed by atoms with E-state index in [1.165, 1.54) is 12.3 Å². The molecule has 22 heavy (non-hydrogen) atoms. The van der Waals surface area contributed by atoms with E-state index in [-0.39, 0.29) is 9.77 Å². The molecule has 1 aromatic heterocycles. The van der Waals surface area contributed by atoms with E-state index < -0.39 is 34.0 Å². The second-order valence-electron chi connectivity index (χ2n) is 4.10. The van der Waals surface area contributed by atoms with Crippen LogP contribution in [0.25, 0.3) is 0 Å². The Balaban J connectivity index is 2.66. The summed E-state index contributed by atoms with van der Waals surface area (Å²) in [5, 5.41) is 10.5. The van der Waals surface area contributed by atoms with Gasteiger partial charge in [-0.05, 0) is 19.9 Å². The number of primary sulfonamides is 1. The highest BCUT2D eigenvalue weighted by atomic mass is 32.2. The lowest BCUT2D eigenvalue weighted by atomic mass is 10.3. The normalized spacial score (nSPS) is 12.3. The Kier molecular flexibility index (Phi) is 6.02. The van der Waals surface area contributed by atoms with Crippen molar-refractivity contribution in [2.24, 2.45) is 5.14 Å². The van der Waals surface area contributed by atoms with Crippen LogP contribution < -0.4 is 15.8 Å². The molecule has 0 aromatic carbocycles. The highest BCUT2D eigenvalue weighted by Gasteiger charge is 2.22. The van der Waals surface area contributed by atoms with Crippen molar-refractivity contribution in [2.45, 2.75) is 24.2 Å². The van der Waals surface area contributed by atoms with Crippen LogP contribution in [-0.4, -0.2) is 39.0 Å². The first kappa shape index (κ1) is 18.1. The van der Waals surface area contributed by atoms with Crippen LogP contribution in [0.4, 0.5) is 4.79 Å². The van der Waals surface area contributed by atoms with Crippen molar-refractivity contribution in [1.29, 1.82) is 0 Å². The van der Waals surface area contributed by atoms with E-state index in [0.29, 0.717) is 6.54 Å². The zero-order valence-corrected chi connectivity index (χ0v) is 13.4. The molecule has 0 saturated heterocycles. The summed E-state index contributed by atoms with van der Waals surface area (Å²) >= 11 is 0.759. The Labute approximate surface area is 130 Å². The van der Waals surface area contributed by atoms with Crippen LogP contribution in [-0.2, 0) is 19.6 Å². The molecule has 0 fully saturated rings. The Morgan fingerprint density at radius 3 is 2.55 bits per heavy atom. The predicted molar refractivity (Wildman–Crippen MR) is 77.8 cm³/mol. The van der Waals surface area contributed by atoms with Crippen LogP contribution >= 0.6 is 11.3 Å². The minimum Gasteiger partial charge on any atom is -0.449 e. The fourth-order valence-electron chi connectivity index (χ4n) is 1.27. The van der Waals surface area contributed by atoms with Crippen molar-refractivity contribution in [2.75, 3.05) is 6.54 Å². The van der Waals surface area contributed by atoms with Crippen molar-refractivity contribution in [1.82, 2.24) is 10.6 Å². The summed E-state index contributed by atoms with van der Waals surface area (Å²) in [5.74, 6) is -1.70. The number of nitrogens with one attached hydrogen (secondary N) is 2. The van der Waals surface area contributed by atoms with Crippen molar-refractivity contribution in [3.63, 3.8) is 0 Å². The SMILES string of the molecule is CCNC(=O)NC(=O)C(C)OC(=O)c1csc(S(N)(=O)=O)c1. The van der Waals surface area contributed by atoms with Crippen LogP contribution in [0.1, 0.15) is 24.2 Å². The molecule has 0 aliphatic carbocycles. The number of esters is 1. The van der Waals surface area contributed by atoms with E-state index in [0.717, 1.165) is 17.4 Å². The molecule has 9 nitrogen and oxygen atoms in total. The average Bonchev–Trinajstić information content (AvgIpc) is 2.88. The zero-order chi connectivity index (χ0) is 16.9. The fourth-order valence-corrected chi connectivity index (χ4v) is 2.85. The number of rotatable bonds is 5. The lowest BCUT2D eigenvalue weighted by Crippen LogP contribution is -2.44. The number of hydrogen-bond donors (Lipinski definition) is 3. The summed E-state index contributed by atoms with van der Waals surface area (Å²) in [6, 6.07) is 0.346. The van der Waals surface area contributed by atoms with Crippen LogP contribution in [0.2, 0.25) is 0 Å². The third kappa shape index (κ3) is 5.09. The fraction of sp³-hybridized carbons (Fsp3) is 0.364.